The summed E-state index contributed by atoms with van der Waals surface area (Å²) in [6.45, 7) is 5.62. The minimum Gasteiger partial charge on any atom is -0.390 e. The Morgan fingerprint density at radius 3 is 2.86 bits per heavy atom. The van der Waals surface area contributed by atoms with Crippen LogP contribution in [0.3, 0.4) is 0 Å². The lowest BCUT2D eigenvalue weighted by molar-refractivity contribution is 0.0715. The zero-order valence-electron chi connectivity index (χ0n) is 12.9. The largest absolute Gasteiger partial charge is 0.390 e. The van der Waals surface area contributed by atoms with Crippen LogP contribution < -0.4 is 5.32 Å². The molecular formula is C16H25N3O2. The fourth-order valence-corrected chi connectivity index (χ4v) is 2.62. The smallest absolute Gasteiger partial charge is 0.317 e. The molecule has 1 aliphatic heterocycles. The monoisotopic (exact) mass is 291 g/mol. The Morgan fingerprint density at radius 2 is 2.19 bits per heavy atom. The number of rotatable bonds is 5. The summed E-state index contributed by atoms with van der Waals surface area (Å²) >= 11 is 0. The quantitative estimate of drug-likeness (QED) is 0.869. The molecule has 21 heavy (non-hydrogen) atoms. The molecule has 0 radical (unpaired) electrons. The van der Waals surface area contributed by atoms with E-state index in [-0.39, 0.29) is 6.03 Å². The Balaban J connectivity index is 1.73. The number of aliphatic hydroxyl groups is 1. The van der Waals surface area contributed by atoms with E-state index in [0.717, 1.165) is 25.9 Å². The summed E-state index contributed by atoms with van der Waals surface area (Å²) in [4.78, 5) is 17.9. The molecule has 1 aromatic rings. The minimum absolute atomic E-state index is 0.0171. The van der Waals surface area contributed by atoms with E-state index in [4.69, 9.17) is 0 Å². The molecule has 2 rings (SSSR count). The van der Waals surface area contributed by atoms with Crippen LogP contribution >= 0.6 is 0 Å². The van der Waals surface area contributed by atoms with Crippen molar-refractivity contribution in [2.24, 2.45) is 5.92 Å². The van der Waals surface area contributed by atoms with Crippen molar-refractivity contribution in [1.29, 1.82) is 0 Å². The molecular weight excluding hydrogens is 266 g/mol. The van der Waals surface area contributed by atoms with E-state index in [0.29, 0.717) is 18.9 Å². The molecule has 2 amide bonds. The maximum Gasteiger partial charge on any atom is 0.317 e. The van der Waals surface area contributed by atoms with Crippen LogP contribution in [0.4, 0.5) is 4.79 Å². The predicted octanol–water partition coefficient (Wildman–Crippen LogP) is 1.82. The standard InChI is InChI=1S/C16H25N3O2/c1-16(2,21)6-9-18-15(20)19-10-5-14(12-19)11-13-3-7-17-8-4-13/h3-4,7-8,14,21H,5-6,9-12H2,1-2H3,(H,18,20). The lowest BCUT2D eigenvalue weighted by atomic mass is 10.00. The highest BCUT2D eigenvalue weighted by Crippen LogP contribution is 2.20. The van der Waals surface area contributed by atoms with Gasteiger partial charge < -0.3 is 15.3 Å². The van der Waals surface area contributed by atoms with E-state index < -0.39 is 5.60 Å². The number of hydrogen-bond acceptors (Lipinski definition) is 3. The third kappa shape index (κ3) is 5.34. The van der Waals surface area contributed by atoms with Gasteiger partial charge >= 0.3 is 6.03 Å². The normalized spacial score (nSPS) is 18.8. The molecule has 2 N–H and O–H groups in total. The van der Waals surface area contributed by atoms with Crippen molar-refractivity contribution >= 4 is 6.03 Å². The van der Waals surface area contributed by atoms with Gasteiger partial charge in [-0.1, -0.05) is 0 Å². The van der Waals surface area contributed by atoms with Crippen molar-refractivity contribution in [1.82, 2.24) is 15.2 Å². The lowest BCUT2D eigenvalue weighted by Gasteiger charge is -2.20. The Hall–Kier alpha value is -1.62. The number of urea groups is 1. The molecule has 0 aromatic carbocycles. The first-order chi connectivity index (χ1) is 9.94. The summed E-state index contributed by atoms with van der Waals surface area (Å²) in [5.74, 6) is 0.521. The van der Waals surface area contributed by atoms with Gasteiger partial charge in [-0.2, -0.15) is 0 Å². The first-order valence-corrected chi connectivity index (χ1v) is 7.58. The summed E-state index contributed by atoms with van der Waals surface area (Å²) in [6, 6.07) is 4.05. The van der Waals surface area contributed by atoms with Gasteiger partial charge in [-0.05, 0) is 56.7 Å². The summed E-state index contributed by atoms with van der Waals surface area (Å²) in [5.41, 5.74) is 0.543. The van der Waals surface area contributed by atoms with Crippen LogP contribution in [-0.4, -0.2) is 46.3 Å². The number of carbonyl (C=O) groups excluding carboxylic acids is 1. The van der Waals surface area contributed by atoms with Crippen LogP contribution in [0.25, 0.3) is 0 Å². The molecule has 2 heterocycles. The molecule has 1 aliphatic rings. The van der Waals surface area contributed by atoms with E-state index in [9.17, 15) is 9.90 Å². The Kier molecular flexibility index (Phi) is 5.17. The number of nitrogens with one attached hydrogen (secondary N) is 1. The van der Waals surface area contributed by atoms with Gasteiger partial charge in [0, 0.05) is 32.0 Å². The second-order valence-corrected chi connectivity index (χ2v) is 6.45. The third-order valence-corrected chi connectivity index (χ3v) is 3.86. The van der Waals surface area contributed by atoms with E-state index in [1.54, 1.807) is 13.8 Å². The van der Waals surface area contributed by atoms with E-state index >= 15 is 0 Å². The van der Waals surface area contributed by atoms with Crippen LogP contribution in [0.2, 0.25) is 0 Å². The minimum atomic E-state index is -0.734. The van der Waals surface area contributed by atoms with Gasteiger partial charge in [0.25, 0.3) is 0 Å². The van der Waals surface area contributed by atoms with E-state index in [2.05, 4.69) is 10.3 Å². The zero-order chi connectivity index (χ0) is 15.3. The molecule has 1 atom stereocenters. The SMILES string of the molecule is CC(C)(O)CCNC(=O)N1CCC(Cc2ccncc2)C1. The average Bonchev–Trinajstić information content (AvgIpc) is 2.87. The number of carbonyl (C=O) groups is 1. The number of aromatic nitrogens is 1. The van der Waals surface area contributed by atoms with E-state index in [1.807, 2.05) is 29.4 Å². The lowest BCUT2D eigenvalue weighted by Crippen LogP contribution is -2.40. The van der Waals surface area contributed by atoms with Crippen molar-refractivity contribution < 1.29 is 9.90 Å². The maximum absolute atomic E-state index is 12.1. The topological polar surface area (TPSA) is 65.5 Å². The number of pyridine rings is 1. The second-order valence-electron chi connectivity index (χ2n) is 6.45. The van der Waals surface area contributed by atoms with Crippen molar-refractivity contribution in [3.63, 3.8) is 0 Å². The highest BCUT2D eigenvalue weighted by Gasteiger charge is 2.26. The number of nitrogens with zero attached hydrogens (tertiary/aromatic N) is 2. The summed E-state index contributed by atoms with van der Waals surface area (Å²) in [6.07, 6.45) is 6.22. The van der Waals surface area contributed by atoms with Gasteiger partial charge in [0.05, 0.1) is 5.60 Å². The van der Waals surface area contributed by atoms with Crippen molar-refractivity contribution in [3.05, 3.63) is 30.1 Å². The molecule has 0 aliphatic carbocycles. The van der Waals surface area contributed by atoms with Crippen LogP contribution in [-0.2, 0) is 6.42 Å². The molecule has 1 aromatic heterocycles. The Bertz CT molecular complexity index is 456. The predicted molar refractivity (Wildman–Crippen MR) is 81.9 cm³/mol. The third-order valence-electron chi connectivity index (χ3n) is 3.86. The van der Waals surface area contributed by atoms with Crippen LogP contribution in [0.5, 0.6) is 0 Å². The molecule has 1 saturated heterocycles. The van der Waals surface area contributed by atoms with Crippen molar-refractivity contribution in [3.8, 4) is 0 Å². The fourth-order valence-electron chi connectivity index (χ4n) is 2.62. The van der Waals surface area contributed by atoms with E-state index in [1.165, 1.54) is 5.56 Å². The highest BCUT2D eigenvalue weighted by atomic mass is 16.3. The van der Waals surface area contributed by atoms with Crippen LogP contribution in [0, 0.1) is 5.92 Å². The molecule has 0 saturated carbocycles. The van der Waals surface area contributed by atoms with Gasteiger partial charge in [0.1, 0.15) is 0 Å². The van der Waals surface area contributed by atoms with Gasteiger partial charge in [-0.25, -0.2) is 4.79 Å². The molecule has 0 spiro atoms. The molecule has 1 fully saturated rings. The molecule has 5 nitrogen and oxygen atoms in total. The average molecular weight is 291 g/mol. The summed E-state index contributed by atoms with van der Waals surface area (Å²) in [5, 5.41) is 12.5. The van der Waals surface area contributed by atoms with Crippen LogP contribution in [0.15, 0.2) is 24.5 Å². The van der Waals surface area contributed by atoms with Crippen molar-refractivity contribution in [2.45, 2.75) is 38.7 Å². The molecule has 1 unspecified atom stereocenters. The Labute approximate surface area is 126 Å². The second kappa shape index (κ2) is 6.89. The highest BCUT2D eigenvalue weighted by molar-refractivity contribution is 5.74. The van der Waals surface area contributed by atoms with Gasteiger partial charge in [0.15, 0.2) is 0 Å². The zero-order valence-corrected chi connectivity index (χ0v) is 12.9. The number of amides is 2. The first-order valence-electron chi connectivity index (χ1n) is 7.58. The fraction of sp³-hybridized carbons (Fsp3) is 0.625. The molecule has 5 heteroatoms. The number of hydrogen-bond donors (Lipinski definition) is 2. The maximum atomic E-state index is 12.1. The summed E-state index contributed by atoms with van der Waals surface area (Å²) < 4.78 is 0. The van der Waals surface area contributed by atoms with Gasteiger partial charge in [-0.3, -0.25) is 4.98 Å². The van der Waals surface area contributed by atoms with Gasteiger partial charge in [0.2, 0.25) is 0 Å². The van der Waals surface area contributed by atoms with Gasteiger partial charge in [-0.15, -0.1) is 0 Å². The first kappa shape index (κ1) is 15.8. The Morgan fingerprint density at radius 1 is 1.48 bits per heavy atom. The van der Waals surface area contributed by atoms with Crippen LogP contribution in [0.1, 0.15) is 32.3 Å². The van der Waals surface area contributed by atoms with Crippen molar-refractivity contribution in [2.75, 3.05) is 19.6 Å². The summed E-state index contributed by atoms with van der Waals surface area (Å²) in [7, 11) is 0. The molecule has 116 valence electrons. The molecule has 0 bridgehead atoms. The number of likely N-dealkylation sites (tertiary alicyclic amines) is 1.